The van der Waals surface area contributed by atoms with Gasteiger partial charge in [0.2, 0.25) is 0 Å². The number of ether oxygens (including phenoxy) is 1. The molecule has 0 aliphatic rings. The van der Waals surface area contributed by atoms with Crippen molar-refractivity contribution in [3.8, 4) is 5.75 Å². The third kappa shape index (κ3) is 4.73. The molecule has 0 radical (unpaired) electrons. The molecular formula is C15H13ClN2O2S. The van der Waals surface area contributed by atoms with Crippen LogP contribution in [0.15, 0.2) is 48.5 Å². The first kappa shape index (κ1) is 15.3. The Hall–Kier alpha value is -2.11. The zero-order chi connectivity index (χ0) is 15.2. The van der Waals surface area contributed by atoms with Gasteiger partial charge in [-0.1, -0.05) is 23.8 Å². The maximum atomic E-state index is 11.7. The number of benzene rings is 2. The Balaban J connectivity index is 1.86. The van der Waals surface area contributed by atoms with Crippen LogP contribution in [0, 0.1) is 0 Å². The fraction of sp³-hybridized carbons (Fsp3) is 0.0667. The molecule has 0 spiro atoms. The Morgan fingerprint density at radius 2 is 1.76 bits per heavy atom. The van der Waals surface area contributed by atoms with Gasteiger partial charge in [0.15, 0.2) is 6.61 Å². The van der Waals surface area contributed by atoms with Gasteiger partial charge in [-0.15, -0.1) is 0 Å². The summed E-state index contributed by atoms with van der Waals surface area (Å²) in [6.07, 6.45) is 0. The summed E-state index contributed by atoms with van der Waals surface area (Å²) in [6, 6.07) is 13.8. The minimum atomic E-state index is -0.254. The number of anilines is 1. The molecule has 0 unspecified atom stereocenters. The molecule has 0 saturated heterocycles. The van der Waals surface area contributed by atoms with Crippen LogP contribution in [-0.2, 0) is 4.79 Å². The van der Waals surface area contributed by atoms with E-state index in [2.05, 4.69) is 5.32 Å². The van der Waals surface area contributed by atoms with Gasteiger partial charge in [-0.25, -0.2) is 0 Å². The van der Waals surface area contributed by atoms with E-state index < -0.39 is 0 Å². The average Bonchev–Trinajstić information content (AvgIpc) is 2.48. The Labute approximate surface area is 132 Å². The van der Waals surface area contributed by atoms with Crippen molar-refractivity contribution >= 4 is 40.4 Å². The monoisotopic (exact) mass is 320 g/mol. The van der Waals surface area contributed by atoms with Gasteiger partial charge < -0.3 is 15.8 Å². The summed E-state index contributed by atoms with van der Waals surface area (Å²) in [4.78, 5) is 12.1. The van der Waals surface area contributed by atoms with Gasteiger partial charge in [0.05, 0.1) is 0 Å². The summed E-state index contributed by atoms with van der Waals surface area (Å²) in [5, 5.41) is 3.32. The number of nitrogens with two attached hydrogens (primary N) is 1. The lowest BCUT2D eigenvalue weighted by atomic mass is 10.2. The van der Waals surface area contributed by atoms with Crippen molar-refractivity contribution in [1.82, 2.24) is 0 Å². The molecule has 0 aliphatic carbocycles. The third-order valence-corrected chi connectivity index (χ3v) is 3.12. The number of rotatable bonds is 5. The van der Waals surface area contributed by atoms with Crippen LogP contribution in [0.5, 0.6) is 5.75 Å². The molecular weight excluding hydrogens is 308 g/mol. The number of amides is 1. The van der Waals surface area contributed by atoms with Gasteiger partial charge >= 0.3 is 0 Å². The van der Waals surface area contributed by atoms with Crippen LogP contribution in [0.4, 0.5) is 5.69 Å². The summed E-state index contributed by atoms with van der Waals surface area (Å²) in [5.41, 5.74) is 6.92. The lowest BCUT2D eigenvalue weighted by molar-refractivity contribution is -0.118. The summed E-state index contributed by atoms with van der Waals surface area (Å²) in [5.74, 6) is 0.317. The largest absolute Gasteiger partial charge is 0.484 e. The van der Waals surface area contributed by atoms with E-state index in [1.807, 2.05) is 0 Å². The van der Waals surface area contributed by atoms with Crippen molar-refractivity contribution in [3.05, 3.63) is 59.1 Å². The zero-order valence-electron chi connectivity index (χ0n) is 11.0. The predicted molar refractivity (Wildman–Crippen MR) is 87.9 cm³/mol. The summed E-state index contributed by atoms with van der Waals surface area (Å²) < 4.78 is 5.38. The second kappa shape index (κ2) is 7.06. The molecule has 0 heterocycles. The number of halogens is 1. The van der Waals surface area contributed by atoms with E-state index in [1.165, 1.54) is 0 Å². The van der Waals surface area contributed by atoms with E-state index in [0.717, 1.165) is 5.56 Å². The van der Waals surface area contributed by atoms with Crippen molar-refractivity contribution in [1.29, 1.82) is 0 Å². The average molecular weight is 321 g/mol. The van der Waals surface area contributed by atoms with Gasteiger partial charge in [0.25, 0.3) is 5.91 Å². The van der Waals surface area contributed by atoms with Crippen LogP contribution in [0.25, 0.3) is 0 Å². The summed E-state index contributed by atoms with van der Waals surface area (Å²) in [6.45, 7) is -0.0882. The van der Waals surface area contributed by atoms with Crippen molar-refractivity contribution in [2.45, 2.75) is 0 Å². The quantitative estimate of drug-likeness (QED) is 0.831. The molecule has 3 N–H and O–H groups in total. The highest BCUT2D eigenvalue weighted by Gasteiger charge is 2.04. The Kier molecular flexibility index (Phi) is 5.14. The lowest BCUT2D eigenvalue weighted by Gasteiger charge is -2.08. The van der Waals surface area contributed by atoms with E-state index in [-0.39, 0.29) is 12.5 Å². The molecule has 0 aromatic heterocycles. The van der Waals surface area contributed by atoms with E-state index in [0.29, 0.717) is 21.4 Å². The van der Waals surface area contributed by atoms with Crippen LogP contribution in [0.2, 0.25) is 5.02 Å². The molecule has 0 atom stereocenters. The molecule has 2 aromatic carbocycles. The van der Waals surface area contributed by atoms with Crippen molar-refractivity contribution in [2.75, 3.05) is 11.9 Å². The Morgan fingerprint density at radius 1 is 1.14 bits per heavy atom. The maximum Gasteiger partial charge on any atom is 0.262 e. The van der Waals surface area contributed by atoms with Crippen molar-refractivity contribution in [3.63, 3.8) is 0 Å². The van der Waals surface area contributed by atoms with Gasteiger partial charge in [0, 0.05) is 16.3 Å². The molecule has 0 aliphatic heterocycles. The highest BCUT2D eigenvalue weighted by molar-refractivity contribution is 7.80. The molecule has 6 heteroatoms. The van der Waals surface area contributed by atoms with Crippen LogP contribution in [0.3, 0.4) is 0 Å². The zero-order valence-corrected chi connectivity index (χ0v) is 12.6. The highest BCUT2D eigenvalue weighted by atomic mass is 35.5. The second-order valence-electron chi connectivity index (χ2n) is 4.23. The van der Waals surface area contributed by atoms with E-state index in [9.17, 15) is 4.79 Å². The molecule has 0 bridgehead atoms. The molecule has 0 saturated carbocycles. The molecule has 2 rings (SSSR count). The van der Waals surface area contributed by atoms with Crippen LogP contribution < -0.4 is 15.8 Å². The van der Waals surface area contributed by atoms with Crippen molar-refractivity contribution in [2.24, 2.45) is 5.73 Å². The first-order valence-electron chi connectivity index (χ1n) is 6.12. The van der Waals surface area contributed by atoms with Gasteiger partial charge in [-0.3, -0.25) is 4.79 Å². The highest BCUT2D eigenvalue weighted by Crippen LogP contribution is 2.14. The maximum absolute atomic E-state index is 11.7. The first-order valence-corrected chi connectivity index (χ1v) is 6.91. The minimum absolute atomic E-state index is 0.0882. The molecule has 21 heavy (non-hydrogen) atoms. The second-order valence-corrected chi connectivity index (χ2v) is 5.11. The number of hydrogen-bond acceptors (Lipinski definition) is 3. The van der Waals surface area contributed by atoms with Crippen LogP contribution in [0.1, 0.15) is 5.56 Å². The SMILES string of the molecule is NC(=S)c1ccc(OCC(=O)Nc2ccc(Cl)cc2)cc1. The smallest absolute Gasteiger partial charge is 0.262 e. The van der Waals surface area contributed by atoms with E-state index in [1.54, 1.807) is 48.5 Å². The standard InChI is InChI=1S/C15H13ClN2O2S/c16-11-3-5-12(6-4-11)18-14(19)9-20-13-7-1-10(2-8-13)15(17)21/h1-8H,9H2,(H2,17,21)(H,18,19). The molecule has 4 nitrogen and oxygen atoms in total. The van der Waals surface area contributed by atoms with Gasteiger partial charge in [0.1, 0.15) is 10.7 Å². The van der Waals surface area contributed by atoms with Crippen molar-refractivity contribution < 1.29 is 9.53 Å². The third-order valence-electron chi connectivity index (χ3n) is 2.64. The number of thiocarbonyl (C=S) groups is 1. The van der Waals surface area contributed by atoms with Crippen LogP contribution in [-0.4, -0.2) is 17.5 Å². The minimum Gasteiger partial charge on any atom is -0.484 e. The first-order chi connectivity index (χ1) is 10.0. The number of nitrogens with one attached hydrogen (secondary N) is 1. The van der Waals surface area contributed by atoms with Gasteiger partial charge in [-0.05, 0) is 48.5 Å². The van der Waals surface area contributed by atoms with Gasteiger partial charge in [-0.2, -0.15) is 0 Å². The summed E-state index contributed by atoms with van der Waals surface area (Å²) >= 11 is 10.6. The Morgan fingerprint density at radius 3 is 2.33 bits per heavy atom. The number of carbonyl (C=O) groups is 1. The van der Waals surface area contributed by atoms with Crippen LogP contribution >= 0.6 is 23.8 Å². The molecule has 2 aromatic rings. The number of carbonyl (C=O) groups excluding carboxylic acids is 1. The Bertz CT molecular complexity index is 642. The summed E-state index contributed by atoms with van der Waals surface area (Å²) in [7, 11) is 0. The topological polar surface area (TPSA) is 64.3 Å². The lowest BCUT2D eigenvalue weighted by Crippen LogP contribution is -2.20. The molecule has 0 fully saturated rings. The number of hydrogen-bond donors (Lipinski definition) is 2. The molecule has 1 amide bonds. The van der Waals surface area contributed by atoms with E-state index in [4.69, 9.17) is 34.3 Å². The normalized spacial score (nSPS) is 9.95. The predicted octanol–water partition coefficient (Wildman–Crippen LogP) is 2.99. The van der Waals surface area contributed by atoms with E-state index >= 15 is 0 Å². The fourth-order valence-electron chi connectivity index (χ4n) is 1.59. The fourth-order valence-corrected chi connectivity index (χ4v) is 1.86. The molecule has 108 valence electrons.